The van der Waals surface area contributed by atoms with E-state index in [9.17, 15) is 4.79 Å². The Hall–Kier alpha value is -3.06. The molecule has 1 saturated heterocycles. The molecule has 3 aromatic rings. The average molecular weight is 367 g/mol. The molecule has 1 aliphatic heterocycles. The van der Waals surface area contributed by atoms with Crippen LogP contribution >= 0.6 is 0 Å². The molecule has 0 aliphatic carbocycles. The number of carbonyl (C=O) groups is 1. The van der Waals surface area contributed by atoms with Crippen molar-refractivity contribution in [2.24, 2.45) is 0 Å². The van der Waals surface area contributed by atoms with Gasteiger partial charge in [-0.25, -0.2) is 4.98 Å². The van der Waals surface area contributed by atoms with E-state index in [2.05, 4.69) is 9.88 Å². The fourth-order valence-electron chi connectivity index (χ4n) is 3.20. The number of piperazine rings is 1. The van der Waals surface area contributed by atoms with Crippen molar-refractivity contribution in [3.8, 4) is 17.2 Å². The van der Waals surface area contributed by atoms with Crippen LogP contribution in [0.5, 0.6) is 5.75 Å². The van der Waals surface area contributed by atoms with Crippen LogP contribution in [0.4, 0.5) is 5.69 Å². The number of oxazole rings is 1. The van der Waals surface area contributed by atoms with Crippen LogP contribution in [-0.2, 0) is 11.3 Å². The summed E-state index contributed by atoms with van der Waals surface area (Å²) < 4.78 is 16.1. The quantitative estimate of drug-likeness (QED) is 0.690. The summed E-state index contributed by atoms with van der Waals surface area (Å²) in [6, 6.07) is 9.38. The standard InChI is InChI=1S/C20H21N3O4/c1-14-18(21-20(27-14)15-6-9-26-13-15)11-22-7-8-23(19(24)12-22)16-4-3-5-17(10-16)25-2/h3-6,9-10,13H,7-8,11-12H2,1-2H3. The minimum atomic E-state index is 0.0608. The van der Waals surface area contributed by atoms with Crippen molar-refractivity contribution >= 4 is 11.6 Å². The zero-order valence-electron chi connectivity index (χ0n) is 15.3. The highest BCUT2D eigenvalue weighted by atomic mass is 16.5. The summed E-state index contributed by atoms with van der Waals surface area (Å²) in [5.74, 6) is 2.10. The molecule has 1 aromatic carbocycles. The van der Waals surface area contributed by atoms with E-state index in [-0.39, 0.29) is 5.91 Å². The number of rotatable bonds is 5. The number of amides is 1. The number of aromatic nitrogens is 1. The molecule has 1 amide bonds. The number of anilines is 1. The first kappa shape index (κ1) is 17.4. The second-order valence-electron chi connectivity index (χ2n) is 6.49. The molecule has 0 bridgehead atoms. The van der Waals surface area contributed by atoms with Crippen molar-refractivity contribution in [3.05, 3.63) is 54.3 Å². The van der Waals surface area contributed by atoms with Crippen molar-refractivity contribution in [2.75, 3.05) is 31.6 Å². The average Bonchev–Trinajstić information content (AvgIpc) is 3.32. The molecule has 0 atom stereocenters. The molecular formula is C20H21N3O4. The van der Waals surface area contributed by atoms with Gasteiger partial charge in [0.2, 0.25) is 11.8 Å². The minimum absolute atomic E-state index is 0.0608. The molecule has 2 aromatic heterocycles. The lowest BCUT2D eigenvalue weighted by atomic mass is 10.2. The Bertz CT molecular complexity index is 933. The number of hydrogen-bond acceptors (Lipinski definition) is 6. The van der Waals surface area contributed by atoms with Crippen LogP contribution in [0.25, 0.3) is 11.5 Å². The zero-order chi connectivity index (χ0) is 18.8. The number of methoxy groups -OCH3 is 1. The predicted octanol–water partition coefficient (Wildman–Crippen LogP) is 3.10. The van der Waals surface area contributed by atoms with Gasteiger partial charge in [0, 0.05) is 31.4 Å². The van der Waals surface area contributed by atoms with E-state index in [0.717, 1.165) is 35.0 Å². The molecule has 4 rings (SSSR count). The number of furan rings is 1. The van der Waals surface area contributed by atoms with Crippen LogP contribution in [0.3, 0.4) is 0 Å². The van der Waals surface area contributed by atoms with Gasteiger partial charge in [-0.3, -0.25) is 9.69 Å². The molecule has 140 valence electrons. The fourth-order valence-corrected chi connectivity index (χ4v) is 3.20. The summed E-state index contributed by atoms with van der Waals surface area (Å²) in [6.45, 7) is 4.18. The Morgan fingerprint density at radius 2 is 2.15 bits per heavy atom. The highest BCUT2D eigenvalue weighted by Crippen LogP contribution is 2.25. The Morgan fingerprint density at radius 3 is 2.89 bits per heavy atom. The second kappa shape index (κ2) is 7.28. The van der Waals surface area contributed by atoms with Gasteiger partial charge in [-0.05, 0) is 25.1 Å². The lowest BCUT2D eigenvalue weighted by Crippen LogP contribution is -2.50. The third kappa shape index (κ3) is 3.59. The van der Waals surface area contributed by atoms with Crippen molar-refractivity contribution in [1.29, 1.82) is 0 Å². The minimum Gasteiger partial charge on any atom is -0.497 e. The Morgan fingerprint density at radius 1 is 1.26 bits per heavy atom. The molecule has 7 nitrogen and oxygen atoms in total. The van der Waals surface area contributed by atoms with Gasteiger partial charge in [0.25, 0.3) is 0 Å². The number of benzene rings is 1. The number of nitrogens with zero attached hydrogens (tertiary/aromatic N) is 3. The third-order valence-corrected chi connectivity index (χ3v) is 4.70. The van der Waals surface area contributed by atoms with Crippen LogP contribution in [-0.4, -0.2) is 42.5 Å². The van der Waals surface area contributed by atoms with Crippen LogP contribution < -0.4 is 9.64 Å². The summed E-state index contributed by atoms with van der Waals surface area (Å²) in [4.78, 5) is 21.1. The van der Waals surface area contributed by atoms with Crippen molar-refractivity contribution in [2.45, 2.75) is 13.5 Å². The van der Waals surface area contributed by atoms with E-state index in [1.807, 2.05) is 37.3 Å². The fraction of sp³-hybridized carbons (Fsp3) is 0.300. The van der Waals surface area contributed by atoms with Crippen LogP contribution in [0.15, 0.2) is 51.7 Å². The van der Waals surface area contributed by atoms with E-state index in [1.165, 1.54) is 0 Å². The first-order valence-corrected chi connectivity index (χ1v) is 8.79. The maximum absolute atomic E-state index is 12.7. The van der Waals surface area contributed by atoms with Crippen LogP contribution in [0, 0.1) is 6.92 Å². The Kier molecular flexibility index (Phi) is 4.68. The normalized spacial score (nSPS) is 15.3. The Balaban J connectivity index is 1.44. The molecule has 0 saturated carbocycles. The molecule has 1 aliphatic rings. The SMILES string of the molecule is COc1cccc(N2CCN(Cc3nc(-c4ccoc4)oc3C)CC2=O)c1. The van der Waals surface area contributed by atoms with Crippen molar-refractivity contribution in [1.82, 2.24) is 9.88 Å². The van der Waals surface area contributed by atoms with Crippen molar-refractivity contribution < 1.29 is 18.4 Å². The van der Waals surface area contributed by atoms with Gasteiger partial charge in [0.05, 0.1) is 31.2 Å². The lowest BCUT2D eigenvalue weighted by molar-refractivity contribution is -0.121. The molecule has 0 N–H and O–H groups in total. The molecule has 0 unspecified atom stereocenters. The second-order valence-corrected chi connectivity index (χ2v) is 6.49. The van der Waals surface area contributed by atoms with E-state index < -0.39 is 0 Å². The molecule has 27 heavy (non-hydrogen) atoms. The van der Waals surface area contributed by atoms with E-state index in [0.29, 0.717) is 25.5 Å². The lowest BCUT2D eigenvalue weighted by Gasteiger charge is -2.34. The number of hydrogen-bond donors (Lipinski definition) is 0. The largest absolute Gasteiger partial charge is 0.497 e. The number of aryl methyl sites for hydroxylation is 1. The maximum Gasteiger partial charge on any atom is 0.241 e. The number of carbonyl (C=O) groups excluding carboxylic acids is 1. The van der Waals surface area contributed by atoms with Gasteiger partial charge in [-0.2, -0.15) is 0 Å². The predicted molar refractivity (Wildman–Crippen MR) is 99.6 cm³/mol. The summed E-state index contributed by atoms with van der Waals surface area (Å²) in [7, 11) is 1.62. The number of ether oxygens (including phenoxy) is 1. The first-order chi connectivity index (χ1) is 13.1. The van der Waals surface area contributed by atoms with E-state index in [1.54, 1.807) is 24.5 Å². The van der Waals surface area contributed by atoms with Crippen LogP contribution in [0.2, 0.25) is 0 Å². The maximum atomic E-state index is 12.7. The summed E-state index contributed by atoms with van der Waals surface area (Å²) in [6.07, 6.45) is 3.19. The van der Waals surface area contributed by atoms with Crippen molar-refractivity contribution in [3.63, 3.8) is 0 Å². The molecule has 0 radical (unpaired) electrons. The monoisotopic (exact) mass is 367 g/mol. The summed E-state index contributed by atoms with van der Waals surface area (Å²) in [5.41, 5.74) is 2.51. The summed E-state index contributed by atoms with van der Waals surface area (Å²) >= 11 is 0. The molecule has 0 spiro atoms. The van der Waals surface area contributed by atoms with E-state index in [4.69, 9.17) is 13.6 Å². The molecule has 7 heteroatoms. The van der Waals surface area contributed by atoms with Gasteiger partial charge in [-0.15, -0.1) is 0 Å². The summed E-state index contributed by atoms with van der Waals surface area (Å²) in [5, 5.41) is 0. The molecular weight excluding hydrogens is 346 g/mol. The smallest absolute Gasteiger partial charge is 0.241 e. The van der Waals surface area contributed by atoms with Crippen LogP contribution in [0.1, 0.15) is 11.5 Å². The van der Waals surface area contributed by atoms with Gasteiger partial charge >= 0.3 is 0 Å². The highest BCUT2D eigenvalue weighted by Gasteiger charge is 2.26. The van der Waals surface area contributed by atoms with Gasteiger partial charge in [0.15, 0.2) is 0 Å². The van der Waals surface area contributed by atoms with E-state index >= 15 is 0 Å². The first-order valence-electron chi connectivity index (χ1n) is 8.79. The topological polar surface area (TPSA) is 72.0 Å². The van der Waals surface area contributed by atoms with Gasteiger partial charge in [0.1, 0.15) is 17.8 Å². The van der Waals surface area contributed by atoms with Gasteiger partial charge in [-0.1, -0.05) is 6.07 Å². The van der Waals surface area contributed by atoms with Gasteiger partial charge < -0.3 is 18.5 Å². The highest BCUT2D eigenvalue weighted by molar-refractivity contribution is 5.95. The molecule has 3 heterocycles. The third-order valence-electron chi connectivity index (χ3n) is 4.70. The Labute approximate surface area is 157 Å². The molecule has 1 fully saturated rings. The zero-order valence-corrected chi connectivity index (χ0v) is 15.3.